The SMILES string of the molecule is CCNC(=NCC1(CCOCC)CC1)N1CCC(C(=O)OCC)CC1. The van der Waals surface area contributed by atoms with E-state index in [9.17, 15) is 4.79 Å². The van der Waals surface area contributed by atoms with E-state index >= 15 is 0 Å². The number of nitrogens with one attached hydrogen (secondary N) is 1. The second kappa shape index (κ2) is 10.00. The zero-order chi connectivity index (χ0) is 18.1. The number of hydrogen-bond acceptors (Lipinski definition) is 4. The van der Waals surface area contributed by atoms with E-state index in [2.05, 4.69) is 17.1 Å². The molecule has 6 nitrogen and oxygen atoms in total. The molecule has 0 atom stereocenters. The van der Waals surface area contributed by atoms with Gasteiger partial charge >= 0.3 is 5.97 Å². The van der Waals surface area contributed by atoms with Crippen molar-refractivity contribution in [2.75, 3.05) is 46.0 Å². The summed E-state index contributed by atoms with van der Waals surface area (Å²) in [5.41, 5.74) is 0.360. The summed E-state index contributed by atoms with van der Waals surface area (Å²) in [4.78, 5) is 19.1. The van der Waals surface area contributed by atoms with Gasteiger partial charge in [0.25, 0.3) is 0 Å². The van der Waals surface area contributed by atoms with Gasteiger partial charge in [0.05, 0.1) is 12.5 Å². The summed E-state index contributed by atoms with van der Waals surface area (Å²) in [7, 11) is 0. The zero-order valence-corrected chi connectivity index (χ0v) is 16.2. The van der Waals surface area contributed by atoms with Crippen LogP contribution in [0.4, 0.5) is 0 Å². The fourth-order valence-corrected chi connectivity index (χ4v) is 3.35. The van der Waals surface area contributed by atoms with E-state index in [1.54, 1.807) is 0 Å². The smallest absolute Gasteiger partial charge is 0.309 e. The van der Waals surface area contributed by atoms with Gasteiger partial charge < -0.3 is 19.7 Å². The van der Waals surface area contributed by atoms with E-state index in [4.69, 9.17) is 14.5 Å². The summed E-state index contributed by atoms with van der Waals surface area (Å²) in [6.45, 7) is 11.6. The first kappa shape index (κ1) is 20.0. The van der Waals surface area contributed by atoms with Crippen LogP contribution < -0.4 is 5.32 Å². The molecule has 0 unspecified atom stereocenters. The van der Waals surface area contributed by atoms with E-state index in [1.165, 1.54) is 12.8 Å². The van der Waals surface area contributed by atoms with Gasteiger partial charge in [-0.2, -0.15) is 0 Å². The van der Waals surface area contributed by atoms with Crippen molar-refractivity contribution in [1.82, 2.24) is 10.2 Å². The van der Waals surface area contributed by atoms with Crippen molar-refractivity contribution in [3.05, 3.63) is 0 Å². The highest BCUT2D eigenvalue weighted by Crippen LogP contribution is 2.49. The predicted molar refractivity (Wildman–Crippen MR) is 99.7 cm³/mol. The van der Waals surface area contributed by atoms with Gasteiger partial charge in [-0.25, -0.2) is 0 Å². The second-order valence-electron chi connectivity index (χ2n) is 7.13. The van der Waals surface area contributed by atoms with Crippen molar-refractivity contribution >= 4 is 11.9 Å². The van der Waals surface area contributed by atoms with E-state index in [1.807, 2.05) is 13.8 Å². The average Bonchev–Trinajstić information content (AvgIpc) is 3.39. The Labute approximate surface area is 152 Å². The van der Waals surface area contributed by atoms with Crippen LogP contribution in [0.15, 0.2) is 4.99 Å². The first-order chi connectivity index (χ1) is 12.1. The highest BCUT2D eigenvalue weighted by molar-refractivity contribution is 5.80. The lowest BCUT2D eigenvalue weighted by Gasteiger charge is -2.33. The number of likely N-dealkylation sites (tertiary alicyclic amines) is 1. The summed E-state index contributed by atoms with van der Waals surface area (Å²) in [6, 6.07) is 0. The third-order valence-electron chi connectivity index (χ3n) is 5.25. The summed E-state index contributed by atoms with van der Waals surface area (Å²) >= 11 is 0. The van der Waals surface area contributed by atoms with Gasteiger partial charge in [-0.3, -0.25) is 9.79 Å². The summed E-state index contributed by atoms with van der Waals surface area (Å²) in [6.07, 6.45) is 5.31. The Morgan fingerprint density at radius 2 is 1.92 bits per heavy atom. The summed E-state index contributed by atoms with van der Waals surface area (Å²) < 4.78 is 10.7. The van der Waals surface area contributed by atoms with Crippen molar-refractivity contribution in [3.63, 3.8) is 0 Å². The lowest BCUT2D eigenvalue weighted by Crippen LogP contribution is -2.47. The standard InChI is InChI=1S/C19H35N3O3/c1-4-20-18(21-15-19(9-10-19)11-14-24-5-2)22-12-7-16(8-13-22)17(23)25-6-3/h16H,4-15H2,1-3H3,(H,20,21). The first-order valence-corrected chi connectivity index (χ1v) is 9.91. The van der Waals surface area contributed by atoms with E-state index < -0.39 is 0 Å². The number of ether oxygens (including phenoxy) is 2. The molecule has 1 heterocycles. The number of aliphatic imine (C=N–C) groups is 1. The predicted octanol–water partition coefficient (Wildman–Crippen LogP) is 2.43. The van der Waals surface area contributed by atoms with Crippen LogP contribution in [0.3, 0.4) is 0 Å². The normalized spacial score (nSPS) is 20.4. The molecular formula is C19H35N3O3. The molecule has 2 rings (SSSR count). The Balaban J connectivity index is 1.85. The number of guanidine groups is 1. The fraction of sp³-hybridized carbons (Fsp3) is 0.895. The van der Waals surface area contributed by atoms with Gasteiger partial charge in [-0.15, -0.1) is 0 Å². The maximum atomic E-state index is 11.9. The van der Waals surface area contributed by atoms with Crippen LogP contribution in [0, 0.1) is 11.3 Å². The highest BCUT2D eigenvalue weighted by atomic mass is 16.5. The monoisotopic (exact) mass is 353 g/mol. The van der Waals surface area contributed by atoms with Crippen LogP contribution >= 0.6 is 0 Å². The van der Waals surface area contributed by atoms with Crippen LogP contribution in [0.1, 0.15) is 52.9 Å². The van der Waals surface area contributed by atoms with Gasteiger partial charge in [0, 0.05) is 39.4 Å². The van der Waals surface area contributed by atoms with Gasteiger partial charge in [0.1, 0.15) is 0 Å². The molecule has 1 N–H and O–H groups in total. The number of nitrogens with zero attached hydrogens (tertiary/aromatic N) is 2. The average molecular weight is 354 g/mol. The lowest BCUT2D eigenvalue weighted by molar-refractivity contribution is -0.149. The third-order valence-corrected chi connectivity index (χ3v) is 5.25. The lowest BCUT2D eigenvalue weighted by atomic mass is 9.97. The molecule has 2 fully saturated rings. The van der Waals surface area contributed by atoms with Crippen molar-refractivity contribution in [2.45, 2.75) is 52.9 Å². The molecule has 6 heteroatoms. The molecule has 1 saturated heterocycles. The van der Waals surface area contributed by atoms with E-state index in [0.717, 1.165) is 64.6 Å². The number of rotatable bonds is 9. The summed E-state index contributed by atoms with van der Waals surface area (Å²) in [5.74, 6) is 0.990. The van der Waals surface area contributed by atoms with Crippen LogP contribution in [0.2, 0.25) is 0 Å². The van der Waals surface area contributed by atoms with E-state index in [-0.39, 0.29) is 11.9 Å². The van der Waals surface area contributed by atoms with Crippen LogP contribution in [-0.2, 0) is 14.3 Å². The molecule has 2 aliphatic rings. The highest BCUT2D eigenvalue weighted by Gasteiger charge is 2.42. The zero-order valence-electron chi connectivity index (χ0n) is 16.2. The Bertz CT molecular complexity index is 441. The molecule has 0 aromatic rings. The molecule has 1 saturated carbocycles. The molecule has 0 amide bonds. The maximum Gasteiger partial charge on any atom is 0.309 e. The number of esters is 1. The molecule has 144 valence electrons. The quantitative estimate of drug-likeness (QED) is 0.298. The Kier molecular flexibility index (Phi) is 8.00. The molecule has 0 radical (unpaired) electrons. The largest absolute Gasteiger partial charge is 0.466 e. The molecule has 0 bridgehead atoms. The van der Waals surface area contributed by atoms with Gasteiger partial charge in [-0.05, 0) is 58.3 Å². The molecule has 0 spiro atoms. The van der Waals surface area contributed by atoms with Gasteiger partial charge in [-0.1, -0.05) is 0 Å². The maximum absolute atomic E-state index is 11.9. The minimum absolute atomic E-state index is 0.0417. The van der Waals surface area contributed by atoms with Gasteiger partial charge in [0.15, 0.2) is 5.96 Å². The van der Waals surface area contributed by atoms with Crippen molar-refractivity contribution in [3.8, 4) is 0 Å². The van der Waals surface area contributed by atoms with Crippen LogP contribution in [0.5, 0.6) is 0 Å². The summed E-state index contributed by atoms with van der Waals surface area (Å²) in [5, 5.41) is 3.42. The fourth-order valence-electron chi connectivity index (χ4n) is 3.35. The van der Waals surface area contributed by atoms with Crippen molar-refractivity contribution in [2.24, 2.45) is 16.3 Å². The minimum Gasteiger partial charge on any atom is -0.466 e. The van der Waals surface area contributed by atoms with Crippen molar-refractivity contribution in [1.29, 1.82) is 0 Å². The number of hydrogen-bond donors (Lipinski definition) is 1. The molecule has 25 heavy (non-hydrogen) atoms. The molecule has 0 aromatic heterocycles. The Hall–Kier alpha value is -1.30. The second-order valence-corrected chi connectivity index (χ2v) is 7.13. The minimum atomic E-state index is -0.0445. The molecule has 1 aliphatic heterocycles. The topological polar surface area (TPSA) is 63.2 Å². The number of carbonyl (C=O) groups is 1. The Morgan fingerprint density at radius 3 is 2.48 bits per heavy atom. The third kappa shape index (κ3) is 6.17. The number of piperidine rings is 1. The van der Waals surface area contributed by atoms with E-state index in [0.29, 0.717) is 12.0 Å². The Morgan fingerprint density at radius 1 is 1.20 bits per heavy atom. The first-order valence-electron chi connectivity index (χ1n) is 9.91. The van der Waals surface area contributed by atoms with Crippen molar-refractivity contribution < 1.29 is 14.3 Å². The van der Waals surface area contributed by atoms with Crippen LogP contribution in [-0.4, -0.2) is 62.8 Å². The molecule has 1 aliphatic carbocycles. The molecular weight excluding hydrogens is 318 g/mol. The van der Waals surface area contributed by atoms with Crippen LogP contribution in [0.25, 0.3) is 0 Å². The number of carbonyl (C=O) groups excluding carboxylic acids is 1. The van der Waals surface area contributed by atoms with Gasteiger partial charge in [0.2, 0.25) is 0 Å². The molecule has 0 aromatic carbocycles.